The molecule has 0 spiro atoms. The Kier molecular flexibility index (Phi) is 6.13. The number of carboxylic acid groups (broad SMARTS) is 1. The maximum Gasteiger partial charge on any atom is 0.328 e. The zero-order chi connectivity index (χ0) is 15.8. The number of rotatable bonds is 6. The molecule has 0 aromatic heterocycles. The molecule has 1 aromatic rings. The van der Waals surface area contributed by atoms with Crippen LogP contribution in [0.4, 0.5) is 5.69 Å². The average Bonchev–Trinajstić information content (AvgIpc) is 2.43. The minimum absolute atomic E-state index is 0.0842. The van der Waals surface area contributed by atoms with E-state index in [4.69, 9.17) is 5.11 Å². The number of hydrogen-bond donors (Lipinski definition) is 3. The first kappa shape index (κ1) is 16.4. The van der Waals surface area contributed by atoms with E-state index in [-0.39, 0.29) is 18.4 Å². The van der Waals surface area contributed by atoms with Gasteiger partial charge < -0.3 is 15.7 Å². The van der Waals surface area contributed by atoms with Crippen LogP contribution in [0.25, 0.3) is 6.08 Å². The van der Waals surface area contributed by atoms with Gasteiger partial charge in [-0.25, -0.2) is 4.79 Å². The van der Waals surface area contributed by atoms with Crippen LogP contribution in [0, 0.1) is 0 Å². The molecule has 6 heteroatoms. The van der Waals surface area contributed by atoms with Gasteiger partial charge in [0.2, 0.25) is 11.8 Å². The van der Waals surface area contributed by atoms with Crippen LogP contribution in [-0.2, 0) is 20.8 Å². The lowest BCUT2D eigenvalue weighted by Crippen LogP contribution is -2.31. The quantitative estimate of drug-likeness (QED) is 0.690. The van der Waals surface area contributed by atoms with E-state index in [1.54, 1.807) is 12.1 Å². The topological polar surface area (TPSA) is 95.5 Å². The summed E-state index contributed by atoms with van der Waals surface area (Å²) in [7, 11) is 0. The van der Waals surface area contributed by atoms with Gasteiger partial charge in [0.05, 0.1) is 6.54 Å². The highest BCUT2D eigenvalue weighted by molar-refractivity contribution is 5.95. The van der Waals surface area contributed by atoms with Crippen LogP contribution in [0.5, 0.6) is 0 Å². The summed E-state index contributed by atoms with van der Waals surface area (Å²) >= 11 is 0. The Morgan fingerprint density at radius 1 is 1.29 bits per heavy atom. The molecule has 3 N–H and O–H groups in total. The molecule has 2 amide bonds. The molecule has 0 aliphatic rings. The van der Waals surface area contributed by atoms with E-state index in [2.05, 4.69) is 10.6 Å². The van der Waals surface area contributed by atoms with Crippen LogP contribution < -0.4 is 10.6 Å². The lowest BCUT2D eigenvalue weighted by molar-refractivity contribution is -0.131. The Labute approximate surface area is 122 Å². The van der Waals surface area contributed by atoms with Gasteiger partial charge in [-0.2, -0.15) is 0 Å². The second-order valence-electron chi connectivity index (χ2n) is 4.40. The third-order valence-corrected chi connectivity index (χ3v) is 2.70. The number of anilines is 1. The van der Waals surface area contributed by atoms with Crippen LogP contribution in [-0.4, -0.2) is 29.4 Å². The van der Waals surface area contributed by atoms with Crippen LogP contribution in [0.2, 0.25) is 0 Å². The number of hydrogen-bond acceptors (Lipinski definition) is 3. The predicted octanol–water partition coefficient (Wildman–Crippen LogP) is 1.42. The van der Waals surface area contributed by atoms with Crippen LogP contribution in [0.3, 0.4) is 0 Å². The lowest BCUT2D eigenvalue weighted by Gasteiger charge is -2.11. The fraction of sp³-hybridized carbons (Fsp3) is 0.267. The predicted molar refractivity (Wildman–Crippen MR) is 79.8 cm³/mol. The van der Waals surface area contributed by atoms with Crippen molar-refractivity contribution in [2.24, 2.45) is 0 Å². The van der Waals surface area contributed by atoms with Gasteiger partial charge in [0, 0.05) is 18.7 Å². The van der Waals surface area contributed by atoms with E-state index >= 15 is 0 Å². The van der Waals surface area contributed by atoms with Gasteiger partial charge in [-0.05, 0) is 35.8 Å². The van der Waals surface area contributed by atoms with Gasteiger partial charge in [-0.15, -0.1) is 0 Å². The number of carbonyl (C=O) groups is 3. The molecule has 1 aromatic carbocycles. The van der Waals surface area contributed by atoms with Crippen LogP contribution >= 0.6 is 0 Å². The number of aliphatic carboxylic acids is 1. The molecule has 0 radical (unpaired) electrons. The maximum atomic E-state index is 11.7. The molecule has 6 nitrogen and oxygen atoms in total. The van der Waals surface area contributed by atoms with Gasteiger partial charge in [0.15, 0.2) is 0 Å². The van der Waals surface area contributed by atoms with Crippen molar-refractivity contribution >= 4 is 29.5 Å². The number of amides is 2. The van der Waals surface area contributed by atoms with Gasteiger partial charge in [-0.1, -0.05) is 13.0 Å². The standard InChI is InChI=1S/C15H18N2O4/c1-3-12-8-11(5-7-15(20)21)4-6-13(12)17-14(19)9-16-10(2)18/h4-8H,3,9H2,1-2H3,(H,16,18)(H,17,19)(H,20,21)/b7-5+. The number of carbonyl (C=O) groups excluding carboxylic acids is 2. The molecular weight excluding hydrogens is 272 g/mol. The second-order valence-corrected chi connectivity index (χ2v) is 4.40. The summed E-state index contributed by atoms with van der Waals surface area (Å²) < 4.78 is 0. The van der Waals surface area contributed by atoms with Crippen molar-refractivity contribution in [2.75, 3.05) is 11.9 Å². The summed E-state index contributed by atoms with van der Waals surface area (Å²) in [6.07, 6.45) is 3.23. The van der Waals surface area contributed by atoms with E-state index in [9.17, 15) is 14.4 Å². The molecule has 0 bridgehead atoms. The number of carboxylic acids is 1. The van der Waals surface area contributed by atoms with Crippen molar-refractivity contribution in [1.82, 2.24) is 5.32 Å². The molecule has 1 rings (SSSR count). The summed E-state index contributed by atoms with van der Waals surface area (Å²) in [5.74, 6) is -1.59. The van der Waals surface area contributed by atoms with Gasteiger partial charge in [-0.3, -0.25) is 9.59 Å². The SMILES string of the molecule is CCc1cc(/C=C/C(=O)O)ccc1NC(=O)CNC(C)=O. The van der Waals surface area contributed by atoms with E-state index in [1.165, 1.54) is 13.0 Å². The van der Waals surface area contributed by atoms with E-state index in [0.29, 0.717) is 12.1 Å². The van der Waals surface area contributed by atoms with E-state index in [1.807, 2.05) is 13.0 Å². The minimum Gasteiger partial charge on any atom is -0.478 e. The zero-order valence-corrected chi connectivity index (χ0v) is 12.0. The Bertz CT molecular complexity index is 579. The largest absolute Gasteiger partial charge is 0.478 e. The fourth-order valence-corrected chi connectivity index (χ4v) is 1.70. The Hall–Kier alpha value is -2.63. The second kappa shape index (κ2) is 7.84. The summed E-state index contributed by atoms with van der Waals surface area (Å²) in [6.45, 7) is 3.19. The molecule has 0 atom stereocenters. The highest BCUT2D eigenvalue weighted by Gasteiger charge is 2.07. The van der Waals surface area contributed by atoms with Crippen molar-refractivity contribution in [3.05, 3.63) is 35.4 Å². The highest BCUT2D eigenvalue weighted by atomic mass is 16.4. The third-order valence-electron chi connectivity index (χ3n) is 2.70. The van der Waals surface area contributed by atoms with E-state index < -0.39 is 5.97 Å². The van der Waals surface area contributed by atoms with Crippen molar-refractivity contribution in [3.8, 4) is 0 Å². The first-order valence-electron chi connectivity index (χ1n) is 6.50. The monoisotopic (exact) mass is 290 g/mol. The first-order valence-corrected chi connectivity index (χ1v) is 6.50. The summed E-state index contributed by atoms with van der Waals surface area (Å²) in [5.41, 5.74) is 2.29. The molecule has 0 fully saturated rings. The molecule has 0 aliphatic heterocycles. The molecule has 21 heavy (non-hydrogen) atoms. The summed E-state index contributed by atoms with van der Waals surface area (Å²) in [6, 6.07) is 5.24. The maximum absolute atomic E-state index is 11.7. The Morgan fingerprint density at radius 2 is 2.00 bits per heavy atom. The summed E-state index contributed by atoms with van der Waals surface area (Å²) in [4.78, 5) is 32.9. The number of nitrogens with one attached hydrogen (secondary N) is 2. The highest BCUT2D eigenvalue weighted by Crippen LogP contribution is 2.19. The lowest BCUT2D eigenvalue weighted by atomic mass is 10.1. The zero-order valence-electron chi connectivity index (χ0n) is 12.0. The fourth-order valence-electron chi connectivity index (χ4n) is 1.70. The van der Waals surface area contributed by atoms with Crippen molar-refractivity contribution in [1.29, 1.82) is 0 Å². The van der Waals surface area contributed by atoms with Crippen molar-refractivity contribution < 1.29 is 19.5 Å². The Morgan fingerprint density at radius 3 is 2.57 bits per heavy atom. The number of benzene rings is 1. The number of aryl methyl sites for hydroxylation is 1. The molecule has 0 aliphatic carbocycles. The molecule has 112 valence electrons. The van der Waals surface area contributed by atoms with E-state index in [0.717, 1.165) is 17.2 Å². The molecule has 0 saturated carbocycles. The average molecular weight is 290 g/mol. The molecular formula is C15H18N2O4. The van der Waals surface area contributed by atoms with Crippen molar-refractivity contribution in [3.63, 3.8) is 0 Å². The molecule has 0 heterocycles. The van der Waals surface area contributed by atoms with Crippen LogP contribution in [0.1, 0.15) is 25.0 Å². The Balaban J connectivity index is 2.81. The molecule has 0 unspecified atom stereocenters. The van der Waals surface area contributed by atoms with Gasteiger partial charge in [0.1, 0.15) is 0 Å². The van der Waals surface area contributed by atoms with Gasteiger partial charge >= 0.3 is 5.97 Å². The minimum atomic E-state index is -1.01. The third kappa shape index (κ3) is 5.90. The first-order chi connectivity index (χ1) is 9.92. The summed E-state index contributed by atoms with van der Waals surface area (Å²) in [5, 5.41) is 13.7. The van der Waals surface area contributed by atoms with Crippen LogP contribution in [0.15, 0.2) is 24.3 Å². The van der Waals surface area contributed by atoms with Crippen molar-refractivity contribution in [2.45, 2.75) is 20.3 Å². The molecule has 0 saturated heterocycles. The normalized spacial score (nSPS) is 10.4. The smallest absolute Gasteiger partial charge is 0.328 e. The van der Waals surface area contributed by atoms with Gasteiger partial charge in [0.25, 0.3) is 0 Å².